The Hall–Kier alpha value is -4.13. The lowest BCUT2D eigenvalue weighted by Gasteiger charge is -2.35. The van der Waals surface area contributed by atoms with Crippen LogP contribution < -0.4 is 14.4 Å². The first-order chi connectivity index (χ1) is 16.7. The molecule has 7 nitrogen and oxygen atoms in total. The van der Waals surface area contributed by atoms with Gasteiger partial charge in [-0.3, -0.25) is 4.79 Å². The fourth-order valence-corrected chi connectivity index (χ4v) is 4.19. The van der Waals surface area contributed by atoms with Crippen LogP contribution in [-0.4, -0.2) is 53.8 Å². The molecule has 0 spiro atoms. The van der Waals surface area contributed by atoms with Gasteiger partial charge in [-0.15, -0.1) is 10.2 Å². The molecule has 4 aromatic rings. The van der Waals surface area contributed by atoms with Crippen LogP contribution in [0, 0.1) is 0 Å². The fraction of sp³-hybridized carbons (Fsp3) is 0.222. The van der Waals surface area contributed by atoms with Crippen LogP contribution in [0.25, 0.3) is 10.8 Å². The van der Waals surface area contributed by atoms with Crippen molar-refractivity contribution in [2.75, 3.05) is 37.7 Å². The first kappa shape index (κ1) is 21.7. The molecule has 0 atom stereocenters. The Morgan fingerprint density at radius 2 is 1.62 bits per heavy atom. The number of fused-ring (bicyclic) bond motifs is 1. The summed E-state index contributed by atoms with van der Waals surface area (Å²) in [6.45, 7) is 4.98. The maximum Gasteiger partial charge on any atom is 0.258 e. The second kappa shape index (κ2) is 9.79. The molecule has 0 radical (unpaired) electrons. The van der Waals surface area contributed by atoms with Crippen molar-refractivity contribution >= 4 is 22.5 Å². The molecule has 5 rings (SSSR count). The van der Waals surface area contributed by atoms with Crippen molar-refractivity contribution < 1.29 is 14.3 Å². The van der Waals surface area contributed by atoms with E-state index in [4.69, 9.17) is 9.47 Å². The van der Waals surface area contributed by atoms with Gasteiger partial charge >= 0.3 is 0 Å². The molecule has 0 bridgehead atoms. The van der Waals surface area contributed by atoms with Gasteiger partial charge in [0.15, 0.2) is 5.82 Å². The summed E-state index contributed by atoms with van der Waals surface area (Å²) in [6, 6.07) is 25.0. The molecule has 2 heterocycles. The summed E-state index contributed by atoms with van der Waals surface area (Å²) in [6.07, 6.45) is 0. The zero-order valence-electron chi connectivity index (χ0n) is 19.1. The van der Waals surface area contributed by atoms with Crippen molar-refractivity contribution in [1.82, 2.24) is 15.1 Å². The SMILES string of the molecule is CCOc1ccc2ccccc2c1C(=O)N1CCN(c2ccc(Oc3ccccc3)nn2)CC1. The van der Waals surface area contributed by atoms with Crippen LogP contribution >= 0.6 is 0 Å². The molecule has 1 fully saturated rings. The summed E-state index contributed by atoms with van der Waals surface area (Å²) in [4.78, 5) is 17.6. The average Bonchev–Trinajstić information content (AvgIpc) is 2.89. The van der Waals surface area contributed by atoms with Crippen LogP contribution in [-0.2, 0) is 0 Å². The summed E-state index contributed by atoms with van der Waals surface area (Å²) in [7, 11) is 0. The van der Waals surface area contributed by atoms with Crippen LogP contribution in [0.5, 0.6) is 17.4 Å². The van der Waals surface area contributed by atoms with Crippen LogP contribution in [0.2, 0.25) is 0 Å². The van der Waals surface area contributed by atoms with Crippen molar-refractivity contribution in [3.05, 3.63) is 84.4 Å². The summed E-state index contributed by atoms with van der Waals surface area (Å²) >= 11 is 0. The predicted molar refractivity (Wildman–Crippen MR) is 132 cm³/mol. The van der Waals surface area contributed by atoms with E-state index in [1.807, 2.05) is 90.7 Å². The number of rotatable bonds is 6. The van der Waals surface area contributed by atoms with Crippen molar-refractivity contribution in [2.45, 2.75) is 6.92 Å². The predicted octanol–water partition coefficient (Wildman–Crippen LogP) is 4.78. The van der Waals surface area contributed by atoms with Crippen molar-refractivity contribution in [3.63, 3.8) is 0 Å². The number of piperazine rings is 1. The van der Waals surface area contributed by atoms with Crippen LogP contribution in [0.1, 0.15) is 17.3 Å². The number of hydrogen-bond donors (Lipinski definition) is 0. The fourth-order valence-electron chi connectivity index (χ4n) is 4.19. The van der Waals surface area contributed by atoms with Crippen LogP contribution in [0.4, 0.5) is 5.82 Å². The van der Waals surface area contributed by atoms with E-state index >= 15 is 0 Å². The Kier molecular flexibility index (Phi) is 6.25. The Morgan fingerprint density at radius 1 is 0.853 bits per heavy atom. The van der Waals surface area contributed by atoms with Gasteiger partial charge in [0.25, 0.3) is 5.91 Å². The topological polar surface area (TPSA) is 67.8 Å². The van der Waals surface area contributed by atoms with E-state index in [0.717, 1.165) is 22.3 Å². The molecule has 0 aliphatic carbocycles. The van der Waals surface area contributed by atoms with Gasteiger partial charge in [-0.05, 0) is 42.0 Å². The highest BCUT2D eigenvalue weighted by molar-refractivity contribution is 6.09. The standard InChI is InChI=1S/C27H26N4O3/c1-2-33-23-13-12-20-8-6-7-11-22(20)26(23)27(32)31-18-16-30(17-19-31)24-14-15-25(29-28-24)34-21-9-4-3-5-10-21/h3-15H,2,16-19H2,1H3. The molecule has 0 unspecified atom stereocenters. The van der Waals surface area contributed by atoms with Gasteiger partial charge in [-0.25, -0.2) is 0 Å². The van der Waals surface area contributed by atoms with Gasteiger partial charge < -0.3 is 19.3 Å². The number of nitrogens with zero attached hydrogens (tertiary/aromatic N) is 4. The second-order valence-corrected chi connectivity index (χ2v) is 8.02. The van der Waals surface area contributed by atoms with E-state index in [1.165, 1.54) is 0 Å². The average molecular weight is 455 g/mol. The summed E-state index contributed by atoms with van der Waals surface area (Å²) in [5.41, 5.74) is 0.635. The Bertz CT molecular complexity index is 1270. The minimum absolute atomic E-state index is 0.00223. The highest BCUT2D eigenvalue weighted by atomic mass is 16.5. The van der Waals surface area contributed by atoms with E-state index in [2.05, 4.69) is 15.1 Å². The number of carbonyl (C=O) groups is 1. The highest BCUT2D eigenvalue weighted by Gasteiger charge is 2.26. The molecule has 172 valence electrons. The number of amides is 1. The molecule has 0 N–H and O–H groups in total. The molecule has 1 amide bonds. The maximum absolute atomic E-state index is 13.6. The van der Waals surface area contributed by atoms with Gasteiger partial charge in [0, 0.05) is 32.2 Å². The van der Waals surface area contributed by atoms with Crippen LogP contribution in [0.15, 0.2) is 78.9 Å². The van der Waals surface area contributed by atoms with Gasteiger partial charge in [0.2, 0.25) is 5.88 Å². The zero-order chi connectivity index (χ0) is 23.3. The third-order valence-electron chi connectivity index (χ3n) is 5.89. The minimum Gasteiger partial charge on any atom is -0.493 e. The number of anilines is 1. The monoisotopic (exact) mass is 454 g/mol. The lowest BCUT2D eigenvalue weighted by Crippen LogP contribution is -2.49. The van der Waals surface area contributed by atoms with Crippen molar-refractivity contribution in [1.29, 1.82) is 0 Å². The number of para-hydroxylation sites is 1. The summed E-state index contributed by atoms with van der Waals surface area (Å²) in [5.74, 6) is 2.57. The molecular formula is C27H26N4O3. The largest absolute Gasteiger partial charge is 0.493 e. The molecule has 0 saturated carbocycles. The molecule has 3 aromatic carbocycles. The number of hydrogen-bond acceptors (Lipinski definition) is 6. The first-order valence-electron chi connectivity index (χ1n) is 11.5. The van der Waals surface area contributed by atoms with Gasteiger partial charge in [-0.2, -0.15) is 0 Å². The Labute approximate surface area is 198 Å². The van der Waals surface area contributed by atoms with Gasteiger partial charge in [0.05, 0.1) is 12.2 Å². The first-order valence-corrected chi connectivity index (χ1v) is 11.5. The van der Waals surface area contributed by atoms with E-state index < -0.39 is 0 Å². The maximum atomic E-state index is 13.6. The van der Waals surface area contributed by atoms with Crippen LogP contribution in [0.3, 0.4) is 0 Å². The molecule has 7 heteroatoms. The summed E-state index contributed by atoms with van der Waals surface area (Å²) in [5, 5.41) is 10.5. The lowest BCUT2D eigenvalue weighted by atomic mass is 10.0. The molecular weight excluding hydrogens is 428 g/mol. The van der Waals surface area contributed by atoms with E-state index in [1.54, 1.807) is 0 Å². The number of aromatic nitrogens is 2. The third-order valence-corrected chi connectivity index (χ3v) is 5.89. The Balaban J connectivity index is 1.27. The smallest absolute Gasteiger partial charge is 0.258 e. The summed E-state index contributed by atoms with van der Waals surface area (Å²) < 4.78 is 11.5. The van der Waals surface area contributed by atoms with E-state index in [-0.39, 0.29) is 5.91 Å². The van der Waals surface area contributed by atoms with E-state index in [9.17, 15) is 4.79 Å². The molecule has 1 saturated heterocycles. The van der Waals surface area contributed by atoms with Crippen molar-refractivity contribution in [2.24, 2.45) is 0 Å². The molecule has 1 aromatic heterocycles. The highest BCUT2D eigenvalue weighted by Crippen LogP contribution is 2.30. The minimum atomic E-state index is -0.00223. The second-order valence-electron chi connectivity index (χ2n) is 8.02. The quantitative estimate of drug-likeness (QED) is 0.418. The molecule has 1 aliphatic heterocycles. The lowest BCUT2D eigenvalue weighted by molar-refractivity contribution is 0.0744. The molecule has 34 heavy (non-hydrogen) atoms. The van der Waals surface area contributed by atoms with Gasteiger partial charge in [0.1, 0.15) is 11.5 Å². The zero-order valence-corrected chi connectivity index (χ0v) is 19.1. The van der Waals surface area contributed by atoms with Gasteiger partial charge in [-0.1, -0.05) is 48.5 Å². The number of ether oxygens (including phenoxy) is 2. The molecule has 1 aliphatic rings. The third kappa shape index (κ3) is 4.50. The Morgan fingerprint density at radius 3 is 2.35 bits per heavy atom. The number of benzene rings is 3. The van der Waals surface area contributed by atoms with Crippen molar-refractivity contribution in [3.8, 4) is 17.4 Å². The van der Waals surface area contributed by atoms with E-state index in [0.29, 0.717) is 50.0 Å². The normalized spacial score (nSPS) is 13.7. The number of carbonyl (C=O) groups excluding carboxylic acids is 1.